The smallest absolute Gasteiger partial charge is 0.251 e. The third-order valence-corrected chi connectivity index (χ3v) is 5.44. The van der Waals surface area contributed by atoms with Gasteiger partial charge in [0.25, 0.3) is 5.91 Å². The Morgan fingerprint density at radius 1 is 1.04 bits per heavy atom. The highest BCUT2D eigenvalue weighted by atomic mass is 19.1. The van der Waals surface area contributed by atoms with Crippen LogP contribution in [0, 0.1) is 18.7 Å². The first kappa shape index (κ1) is 20.1. The van der Waals surface area contributed by atoms with Gasteiger partial charge in [-0.15, -0.1) is 0 Å². The SMILES string of the molecule is Cc1ccc(CCC2CCN(C(=O)CNC(=O)c3ccc(F)cc3)CC2)cc1. The second kappa shape index (κ2) is 9.49. The fourth-order valence-electron chi connectivity index (χ4n) is 3.57. The molecule has 1 heterocycles. The molecule has 0 radical (unpaired) electrons. The van der Waals surface area contributed by atoms with Gasteiger partial charge in [0.1, 0.15) is 5.82 Å². The zero-order chi connectivity index (χ0) is 19.9. The molecule has 0 bridgehead atoms. The molecule has 0 saturated carbocycles. The Morgan fingerprint density at radius 2 is 1.68 bits per heavy atom. The summed E-state index contributed by atoms with van der Waals surface area (Å²) in [4.78, 5) is 26.2. The topological polar surface area (TPSA) is 49.4 Å². The van der Waals surface area contributed by atoms with Gasteiger partial charge < -0.3 is 10.2 Å². The molecule has 0 unspecified atom stereocenters. The number of nitrogens with zero attached hydrogens (tertiary/aromatic N) is 1. The molecule has 1 aliphatic heterocycles. The molecular weight excluding hydrogens is 355 g/mol. The predicted molar refractivity (Wildman–Crippen MR) is 108 cm³/mol. The first-order valence-electron chi connectivity index (χ1n) is 9.88. The summed E-state index contributed by atoms with van der Waals surface area (Å²) in [6.07, 6.45) is 4.23. The maximum Gasteiger partial charge on any atom is 0.251 e. The van der Waals surface area contributed by atoms with Crippen molar-refractivity contribution in [2.75, 3.05) is 19.6 Å². The summed E-state index contributed by atoms with van der Waals surface area (Å²) in [5, 5.41) is 2.63. The Hall–Kier alpha value is -2.69. The second-order valence-corrected chi connectivity index (χ2v) is 7.54. The summed E-state index contributed by atoms with van der Waals surface area (Å²) in [5.74, 6) is -0.175. The van der Waals surface area contributed by atoms with Gasteiger partial charge >= 0.3 is 0 Å². The van der Waals surface area contributed by atoms with Crippen LogP contribution < -0.4 is 5.32 Å². The largest absolute Gasteiger partial charge is 0.343 e. The molecule has 2 aromatic carbocycles. The third-order valence-electron chi connectivity index (χ3n) is 5.44. The van der Waals surface area contributed by atoms with Crippen molar-refractivity contribution in [2.45, 2.75) is 32.6 Å². The number of halogens is 1. The highest BCUT2D eigenvalue weighted by Crippen LogP contribution is 2.22. The van der Waals surface area contributed by atoms with Gasteiger partial charge in [0, 0.05) is 18.7 Å². The van der Waals surface area contributed by atoms with E-state index >= 15 is 0 Å². The van der Waals surface area contributed by atoms with Crippen LogP contribution >= 0.6 is 0 Å². The van der Waals surface area contributed by atoms with Gasteiger partial charge in [-0.3, -0.25) is 9.59 Å². The number of hydrogen-bond donors (Lipinski definition) is 1. The van der Waals surface area contributed by atoms with Crippen LogP contribution in [0.25, 0.3) is 0 Å². The normalized spacial score (nSPS) is 14.7. The van der Waals surface area contributed by atoms with Gasteiger partial charge in [0.2, 0.25) is 5.91 Å². The number of aryl methyl sites for hydroxylation is 2. The molecule has 0 aromatic heterocycles. The summed E-state index contributed by atoms with van der Waals surface area (Å²) in [6, 6.07) is 14.0. The van der Waals surface area contributed by atoms with Gasteiger partial charge in [-0.1, -0.05) is 29.8 Å². The summed E-state index contributed by atoms with van der Waals surface area (Å²) >= 11 is 0. The molecule has 3 rings (SSSR count). The Bertz CT molecular complexity index is 794. The number of piperidine rings is 1. The van der Waals surface area contributed by atoms with Crippen LogP contribution in [0.5, 0.6) is 0 Å². The van der Waals surface area contributed by atoms with Crippen LogP contribution in [-0.2, 0) is 11.2 Å². The zero-order valence-electron chi connectivity index (χ0n) is 16.3. The Balaban J connectivity index is 1.38. The molecule has 0 atom stereocenters. The van der Waals surface area contributed by atoms with Crippen molar-refractivity contribution in [3.63, 3.8) is 0 Å². The molecule has 1 fully saturated rings. The first-order chi connectivity index (χ1) is 13.5. The van der Waals surface area contributed by atoms with Gasteiger partial charge in [0.15, 0.2) is 0 Å². The Morgan fingerprint density at radius 3 is 2.32 bits per heavy atom. The number of amides is 2. The highest BCUT2D eigenvalue weighted by molar-refractivity contribution is 5.96. The predicted octanol–water partition coefficient (Wildman–Crippen LogP) is 3.74. The van der Waals surface area contributed by atoms with Crippen LogP contribution in [0.15, 0.2) is 48.5 Å². The molecule has 5 heteroatoms. The minimum Gasteiger partial charge on any atom is -0.343 e. The zero-order valence-corrected chi connectivity index (χ0v) is 16.3. The number of rotatable bonds is 6. The molecule has 28 heavy (non-hydrogen) atoms. The lowest BCUT2D eigenvalue weighted by molar-refractivity contribution is -0.131. The number of hydrogen-bond acceptors (Lipinski definition) is 2. The monoisotopic (exact) mass is 382 g/mol. The van der Waals surface area contributed by atoms with Gasteiger partial charge in [-0.05, 0) is 68.4 Å². The highest BCUT2D eigenvalue weighted by Gasteiger charge is 2.23. The van der Waals surface area contributed by atoms with Gasteiger partial charge in [0.05, 0.1) is 6.54 Å². The van der Waals surface area contributed by atoms with E-state index in [1.165, 1.54) is 35.4 Å². The van der Waals surface area contributed by atoms with E-state index in [9.17, 15) is 14.0 Å². The van der Waals surface area contributed by atoms with Crippen molar-refractivity contribution in [3.8, 4) is 0 Å². The fourth-order valence-corrected chi connectivity index (χ4v) is 3.57. The summed E-state index contributed by atoms with van der Waals surface area (Å²) < 4.78 is 12.9. The Kier molecular flexibility index (Phi) is 6.80. The number of likely N-dealkylation sites (tertiary alicyclic amines) is 1. The molecule has 148 valence electrons. The standard InChI is InChI=1S/C23H27FN2O2/c1-17-2-4-18(5-3-17)6-7-19-12-14-26(15-13-19)22(27)16-25-23(28)20-8-10-21(24)11-9-20/h2-5,8-11,19H,6-7,12-16H2,1H3,(H,25,28). The minimum atomic E-state index is -0.391. The van der Waals surface area contributed by atoms with E-state index in [1.807, 2.05) is 4.90 Å². The lowest BCUT2D eigenvalue weighted by Crippen LogP contribution is -2.44. The van der Waals surface area contributed by atoms with E-state index in [0.29, 0.717) is 11.5 Å². The number of carbonyl (C=O) groups is 2. The molecule has 1 aliphatic rings. The van der Waals surface area contributed by atoms with Crippen LogP contribution in [-0.4, -0.2) is 36.3 Å². The third kappa shape index (κ3) is 5.65. The molecule has 1 N–H and O–H groups in total. The van der Waals surface area contributed by atoms with Crippen molar-refractivity contribution >= 4 is 11.8 Å². The van der Waals surface area contributed by atoms with Crippen LogP contribution in [0.3, 0.4) is 0 Å². The first-order valence-corrected chi connectivity index (χ1v) is 9.88. The van der Waals surface area contributed by atoms with Crippen LogP contribution in [0.4, 0.5) is 4.39 Å². The summed E-state index contributed by atoms with van der Waals surface area (Å²) in [7, 11) is 0. The van der Waals surface area contributed by atoms with Gasteiger partial charge in [-0.25, -0.2) is 4.39 Å². The van der Waals surface area contributed by atoms with Crippen molar-refractivity contribution < 1.29 is 14.0 Å². The van der Waals surface area contributed by atoms with E-state index in [1.54, 1.807) is 0 Å². The lowest BCUT2D eigenvalue weighted by Gasteiger charge is -2.32. The van der Waals surface area contributed by atoms with E-state index in [-0.39, 0.29) is 18.4 Å². The Labute approximate surface area is 165 Å². The van der Waals surface area contributed by atoms with E-state index < -0.39 is 5.82 Å². The van der Waals surface area contributed by atoms with E-state index in [0.717, 1.165) is 38.8 Å². The molecule has 0 aliphatic carbocycles. The van der Waals surface area contributed by atoms with Crippen molar-refractivity contribution in [1.29, 1.82) is 0 Å². The van der Waals surface area contributed by atoms with Crippen LogP contribution in [0.2, 0.25) is 0 Å². The van der Waals surface area contributed by atoms with Crippen molar-refractivity contribution in [3.05, 3.63) is 71.0 Å². The van der Waals surface area contributed by atoms with Crippen molar-refractivity contribution in [1.82, 2.24) is 10.2 Å². The summed E-state index contributed by atoms with van der Waals surface area (Å²) in [5.41, 5.74) is 3.00. The maximum atomic E-state index is 12.9. The second-order valence-electron chi connectivity index (χ2n) is 7.54. The average Bonchev–Trinajstić information content (AvgIpc) is 2.72. The van der Waals surface area contributed by atoms with E-state index in [2.05, 4.69) is 36.5 Å². The van der Waals surface area contributed by atoms with Crippen LogP contribution in [0.1, 0.15) is 40.7 Å². The average molecular weight is 382 g/mol. The molecule has 0 spiro atoms. The number of nitrogens with one attached hydrogen (secondary N) is 1. The quantitative estimate of drug-likeness (QED) is 0.828. The molecule has 2 aromatic rings. The number of carbonyl (C=O) groups excluding carboxylic acids is 2. The minimum absolute atomic E-state index is 0.0236. The number of benzene rings is 2. The molecular formula is C23H27FN2O2. The molecule has 2 amide bonds. The van der Waals surface area contributed by atoms with Crippen molar-refractivity contribution in [2.24, 2.45) is 5.92 Å². The lowest BCUT2D eigenvalue weighted by atomic mass is 9.90. The van der Waals surface area contributed by atoms with E-state index in [4.69, 9.17) is 0 Å². The maximum absolute atomic E-state index is 12.9. The van der Waals surface area contributed by atoms with Gasteiger partial charge in [-0.2, -0.15) is 0 Å². The molecule has 4 nitrogen and oxygen atoms in total. The fraction of sp³-hybridized carbons (Fsp3) is 0.391. The molecule has 1 saturated heterocycles. The summed E-state index contributed by atoms with van der Waals surface area (Å²) in [6.45, 7) is 3.55.